The van der Waals surface area contributed by atoms with Crippen LogP contribution in [0.15, 0.2) is 35.4 Å². The average Bonchev–Trinajstić information content (AvgIpc) is 3.05. The number of amides is 1. The molecule has 5 nitrogen and oxygen atoms in total. The summed E-state index contributed by atoms with van der Waals surface area (Å²) in [5.74, 6) is -0.496. The van der Waals surface area contributed by atoms with Crippen molar-refractivity contribution < 1.29 is 9.18 Å². The van der Waals surface area contributed by atoms with Crippen LogP contribution in [0.1, 0.15) is 28.8 Å². The van der Waals surface area contributed by atoms with Gasteiger partial charge in [-0.1, -0.05) is 12.1 Å². The summed E-state index contributed by atoms with van der Waals surface area (Å²) in [5.41, 5.74) is 1.82. The molecule has 0 saturated carbocycles. The van der Waals surface area contributed by atoms with Gasteiger partial charge in [0.2, 0.25) is 5.91 Å². The van der Waals surface area contributed by atoms with Gasteiger partial charge in [-0.25, -0.2) is 9.37 Å². The quantitative estimate of drug-likeness (QED) is 0.693. The maximum atomic E-state index is 13.0. The molecule has 1 amide bonds. The van der Waals surface area contributed by atoms with E-state index in [1.165, 1.54) is 32.8 Å². The molecule has 0 N–H and O–H groups in total. The van der Waals surface area contributed by atoms with Gasteiger partial charge in [-0.2, -0.15) is 0 Å². The molecule has 0 spiro atoms. The van der Waals surface area contributed by atoms with Crippen LogP contribution in [-0.2, 0) is 30.7 Å². The molecule has 0 saturated heterocycles. The average molecular weight is 385 g/mol. The fourth-order valence-corrected chi connectivity index (χ4v) is 4.73. The molecule has 0 atom stereocenters. The van der Waals surface area contributed by atoms with Crippen molar-refractivity contribution in [3.8, 4) is 0 Å². The monoisotopic (exact) mass is 385 g/mol. The van der Waals surface area contributed by atoms with Crippen LogP contribution in [0.2, 0.25) is 0 Å². The summed E-state index contributed by atoms with van der Waals surface area (Å²) < 4.78 is 14.4. The van der Waals surface area contributed by atoms with Gasteiger partial charge in [0.25, 0.3) is 5.56 Å². The van der Waals surface area contributed by atoms with Crippen molar-refractivity contribution in [2.24, 2.45) is 0 Å². The Kier molecular flexibility index (Phi) is 4.78. The Balaban J connectivity index is 1.55. The summed E-state index contributed by atoms with van der Waals surface area (Å²) in [6, 6.07) is 6.04. The van der Waals surface area contributed by atoms with E-state index in [1.54, 1.807) is 30.5 Å². The van der Waals surface area contributed by atoms with Gasteiger partial charge in [0.1, 0.15) is 17.2 Å². The van der Waals surface area contributed by atoms with Crippen LogP contribution in [0, 0.1) is 5.82 Å². The van der Waals surface area contributed by atoms with Gasteiger partial charge < -0.3 is 4.90 Å². The van der Waals surface area contributed by atoms with Crippen molar-refractivity contribution in [1.29, 1.82) is 0 Å². The van der Waals surface area contributed by atoms with Crippen molar-refractivity contribution in [1.82, 2.24) is 14.5 Å². The first-order valence-corrected chi connectivity index (χ1v) is 9.82. The number of benzene rings is 1. The number of rotatable bonds is 4. The smallest absolute Gasteiger partial charge is 0.262 e. The van der Waals surface area contributed by atoms with Crippen molar-refractivity contribution >= 4 is 27.5 Å². The largest absolute Gasteiger partial charge is 0.340 e. The normalized spacial score (nSPS) is 13.6. The predicted molar refractivity (Wildman–Crippen MR) is 103 cm³/mol. The Morgan fingerprint density at radius 3 is 2.78 bits per heavy atom. The summed E-state index contributed by atoms with van der Waals surface area (Å²) in [5, 5.41) is 0.686. The van der Waals surface area contributed by atoms with E-state index in [0.29, 0.717) is 11.9 Å². The van der Waals surface area contributed by atoms with E-state index in [4.69, 9.17) is 0 Å². The third-order valence-electron chi connectivity index (χ3n) is 5.01. The zero-order valence-corrected chi connectivity index (χ0v) is 15.9. The first-order chi connectivity index (χ1) is 13.0. The minimum Gasteiger partial charge on any atom is -0.340 e. The molecule has 0 unspecified atom stereocenters. The highest BCUT2D eigenvalue weighted by molar-refractivity contribution is 7.18. The minimum atomic E-state index is -0.308. The lowest BCUT2D eigenvalue weighted by atomic mass is 9.97. The fraction of sp³-hybridized carbons (Fsp3) is 0.350. The van der Waals surface area contributed by atoms with E-state index in [-0.39, 0.29) is 23.8 Å². The van der Waals surface area contributed by atoms with Crippen molar-refractivity contribution in [2.45, 2.75) is 38.8 Å². The maximum absolute atomic E-state index is 13.0. The fourth-order valence-electron chi connectivity index (χ4n) is 3.51. The molecule has 7 heteroatoms. The van der Waals surface area contributed by atoms with Crippen LogP contribution < -0.4 is 5.56 Å². The third-order valence-corrected chi connectivity index (χ3v) is 6.21. The number of hydrogen-bond donors (Lipinski definition) is 0. The molecule has 1 aliphatic carbocycles. The van der Waals surface area contributed by atoms with Crippen molar-refractivity contribution in [3.05, 3.63) is 62.8 Å². The SMILES string of the molecule is CN(Cc1ccc(F)cc1)C(=O)Cn1cnc2sc3c(c2c1=O)CCCC3. The molecular formula is C20H20FN3O2S. The number of aryl methyl sites for hydroxylation is 2. The highest BCUT2D eigenvalue weighted by Gasteiger charge is 2.21. The molecule has 3 aromatic rings. The number of aromatic nitrogens is 2. The third kappa shape index (κ3) is 3.51. The van der Waals surface area contributed by atoms with Crippen molar-refractivity contribution in [3.63, 3.8) is 0 Å². The van der Waals surface area contributed by atoms with Gasteiger partial charge in [-0.15, -0.1) is 11.3 Å². The summed E-state index contributed by atoms with van der Waals surface area (Å²) in [6.45, 7) is 0.307. The highest BCUT2D eigenvalue weighted by Crippen LogP contribution is 2.33. The Bertz CT molecular complexity index is 1060. The van der Waals surface area contributed by atoms with E-state index in [2.05, 4.69) is 4.98 Å². The van der Waals surface area contributed by atoms with Crippen LogP contribution in [0.25, 0.3) is 10.2 Å². The molecule has 2 heterocycles. The molecule has 0 aliphatic heterocycles. The Hall–Kier alpha value is -2.54. The molecule has 0 radical (unpaired) electrons. The number of halogens is 1. The second-order valence-corrected chi connectivity index (χ2v) is 8.03. The molecule has 0 bridgehead atoms. The van der Waals surface area contributed by atoms with Crippen LogP contribution in [0.4, 0.5) is 4.39 Å². The molecule has 1 aromatic carbocycles. The van der Waals surface area contributed by atoms with Crippen LogP contribution in [0.3, 0.4) is 0 Å². The Labute approximate surface area is 160 Å². The standard InChI is InChI=1S/C20H20FN3O2S/c1-23(10-13-6-8-14(21)9-7-13)17(25)11-24-12-22-19-18(20(24)26)15-4-2-3-5-16(15)27-19/h6-9,12H,2-5,10-11H2,1H3. The topological polar surface area (TPSA) is 55.2 Å². The molecule has 4 rings (SSSR count). The second-order valence-electron chi connectivity index (χ2n) is 6.94. The zero-order chi connectivity index (χ0) is 19.0. The molecule has 0 fully saturated rings. The molecule has 2 aromatic heterocycles. The van der Waals surface area contributed by atoms with Gasteiger partial charge in [0.05, 0.1) is 11.7 Å². The van der Waals surface area contributed by atoms with Gasteiger partial charge in [0, 0.05) is 18.5 Å². The zero-order valence-electron chi connectivity index (χ0n) is 15.1. The molecular weight excluding hydrogens is 365 g/mol. The lowest BCUT2D eigenvalue weighted by Gasteiger charge is -2.18. The molecule has 140 valence electrons. The minimum absolute atomic E-state index is 0.0515. The predicted octanol–water partition coefficient (Wildman–Crippen LogP) is 3.13. The van der Waals surface area contributed by atoms with E-state index in [9.17, 15) is 14.0 Å². The van der Waals surface area contributed by atoms with Crippen LogP contribution >= 0.6 is 11.3 Å². The van der Waals surface area contributed by atoms with E-state index in [1.807, 2.05) is 0 Å². The lowest BCUT2D eigenvalue weighted by Crippen LogP contribution is -2.33. The molecule has 1 aliphatic rings. The number of carbonyl (C=O) groups excluding carboxylic acids is 1. The summed E-state index contributed by atoms with van der Waals surface area (Å²) in [7, 11) is 1.68. The van der Waals surface area contributed by atoms with Crippen LogP contribution in [0.5, 0.6) is 0 Å². The highest BCUT2D eigenvalue weighted by atomic mass is 32.1. The number of likely N-dealkylation sites (N-methyl/N-ethyl adjacent to an activating group) is 1. The van der Waals surface area contributed by atoms with Gasteiger partial charge in [-0.05, 0) is 48.9 Å². The first kappa shape index (κ1) is 17.9. The van der Waals surface area contributed by atoms with Gasteiger partial charge >= 0.3 is 0 Å². The van der Waals surface area contributed by atoms with E-state index >= 15 is 0 Å². The van der Waals surface area contributed by atoms with Crippen molar-refractivity contribution in [2.75, 3.05) is 7.05 Å². The second kappa shape index (κ2) is 7.23. The number of thiophene rings is 1. The van der Waals surface area contributed by atoms with Gasteiger partial charge in [-0.3, -0.25) is 14.2 Å². The van der Waals surface area contributed by atoms with E-state index < -0.39 is 0 Å². The number of carbonyl (C=O) groups is 1. The number of hydrogen-bond acceptors (Lipinski definition) is 4. The number of fused-ring (bicyclic) bond motifs is 3. The Morgan fingerprint density at radius 2 is 2.00 bits per heavy atom. The summed E-state index contributed by atoms with van der Waals surface area (Å²) in [4.78, 5) is 33.5. The Morgan fingerprint density at radius 1 is 1.26 bits per heavy atom. The maximum Gasteiger partial charge on any atom is 0.262 e. The molecule has 27 heavy (non-hydrogen) atoms. The summed E-state index contributed by atoms with van der Waals surface area (Å²) >= 11 is 1.60. The summed E-state index contributed by atoms with van der Waals surface area (Å²) in [6.07, 6.45) is 5.63. The van der Waals surface area contributed by atoms with E-state index in [0.717, 1.165) is 41.6 Å². The lowest BCUT2D eigenvalue weighted by molar-refractivity contribution is -0.131. The first-order valence-electron chi connectivity index (χ1n) is 9.01. The van der Waals surface area contributed by atoms with Crippen LogP contribution in [-0.4, -0.2) is 27.4 Å². The van der Waals surface area contributed by atoms with Gasteiger partial charge in [0.15, 0.2) is 0 Å². The number of nitrogens with zero attached hydrogens (tertiary/aromatic N) is 3.